The molecule has 0 radical (unpaired) electrons. The molecule has 4 aromatic carbocycles. The number of nitrogens with zero attached hydrogens (tertiary/aromatic N) is 4. The van der Waals surface area contributed by atoms with Gasteiger partial charge in [-0.25, -0.2) is 36.0 Å². The quantitative estimate of drug-likeness (QED) is 0.0665. The predicted octanol–water partition coefficient (Wildman–Crippen LogP) is 4.11. The van der Waals surface area contributed by atoms with Gasteiger partial charge in [0.2, 0.25) is 11.8 Å². The van der Waals surface area contributed by atoms with E-state index >= 15 is 0 Å². The van der Waals surface area contributed by atoms with E-state index in [0.29, 0.717) is 33.9 Å². The number of halogens is 4. The van der Waals surface area contributed by atoms with Gasteiger partial charge in [-0.1, -0.05) is 4.49 Å². The fraction of sp³-hybridized carbons (Fsp3) is 0.182. The molecular weight excluding hydrogens is 759 g/mol. The maximum atomic E-state index is 14.1. The summed E-state index contributed by atoms with van der Waals surface area (Å²) in [7, 11) is 2.81. The number of aromatic nitrogens is 2. The summed E-state index contributed by atoms with van der Waals surface area (Å²) in [6.45, 7) is 0. The first-order chi connectivity index (χ1) is 25.2. The number of amides is 4. The van der Waals surface area contributed by atoms with E-state index < -0.39 is 64.4 Å². The van der Waals surface area contributed by atoms with E-state index in [1.165, 1.54) is 25.1 Å². The van der Waals surface area contributed by atoms with Gasteiger partial charge in [0, 0.05) is 54.6 Å². The molecule has 0 aliphatic heterocycles. The molecule has 4 amide bonds. The van der Waals surface area contributed by atoms with Crippen molar-refractivity contribution in [2.75, 3.05) is 29.6 Å². The molecule has 13 nitrogen and oxygen atoms in total. The lowest BCUT2D eigenvalue weighted by Crippen LogP contribution is -2.55. The average molecular weight is 790 g/mol. The highest BCUT2D eigenvalue weighted by Gasteiger charge is 2.29. The van der Waals surface area contributed by atoms with Gasteiger partial charge in [-0.15, -0.1) is 5.10 Å². The Morgan fingerprint density at radius 3 is 1.91 bits per heavy atom. The van der Waals surface area contributed by atoms with E-state index in [0.717, 1.165) is 57.3 Å². The molecule has 0 bridgehead atoms. The van der Waals surface area contributed by atoms with Crippen molar-refractivity contribution >= 4 is 79.8 Å². The standard InChI is InChI=1S/C33H31F4N9O4S3/c1-45(23-3-5-29(51-39)25(38)15-23)32(48)28(12-18-9-21(36)14-22(37)10-18)42-53(50)43-33(49)40-27(11-17-7-19(34)13-20(35)8-17)31(47)46(2)24-4-6-30-26(16-24)41-44-52-30/h3-10,13-16,27-28,42H,11-12,38-39H2,1-2H3,(H2,40,43,49). The fourth-order valence-electron chi connectivity index (χ4n) is 5.29. The first-order valence-electron chi connectivity index (χ1n) is 15.4. The lowest BCUT2D eigenvalue weighted by Gasteiger charge is -2.26. The van der Waals surface area contributed by atoms with Crippen molar-refractivity contribution in [2.45, 2.75) is 29.8 Å². The zero-order valence-corrected chi connectivity index (χ0v) is 30.3. The zero-order chi connectivity index (χ0) is 38.4. The van der Waals surface area contributed by atoms with Gasteiger partial charge in [-0.2, -0.15) is 0 Å². The van der Waals surface area contributed by atoms with Crippen molar-refractivity contribution in [3.8, 4) is 0 Å². The van der Waals surface area contributed by atoms with E-state index in [-0.39, 0.29) is 29.7 Å². The van der Waals surface area contributed by atoms with Gasteiger partial charge >= 0.3 is 6.03 Å². The second-order valence-corrected chi connectivity index (χ2v) is 14.0. The Kier molecular flexibility index (Phi) is 12.6. The summed E-state index contributed by atoms with van der Waals surface area (Å²) in [6.07, 6.45) is -0.761. The van der Waals surface area contributed by atoms with Crippen molar-refractivity contribution in [2.24, 2.45) is 5.14 Å². The fourth-order valence-corrected chi connectivity index (χ4v) is 6.90. The molecule has 53 heavy (non-hydrogen) atoms. The number of hydrogen-bond donors (Lipinski definition) is 5. The van der Waals surface area contributed by atoms with Crippen LogP contribution in [0.5, 0.6) is 0 Å². The molecule has 278 valence electrons. The van der Waals surface area contributed by atoms with Crippen LogP contribution in [0, 0.1) is 23.3 Å². The van der Waals surface area contributed by atoms with E-state index in [1.54, 1.807) is 30.3 Å². The number of carbonyl (C=O) groups excluding carboxylic acids is 3. The molecule has 20 heteroatoms. The monoisotopic (exact) mass is 789 g/mol. The second-order valence-electron chi connectivity index (χ2n) is 11.6. The number of benzene rings is 4. The number of nitrogens with one attached hydrogen (secondary N) is 3. The molecule has 1 heterocycles. The molecule has 0 fully saturated rings. The normalized spacial score (nSPS) is 12.9. The van der Waals surface area contributed by atoms with Crippen LogP contribution in [0.25, 0.3) is 10.2 Å². The van der Waals surface area contributed by atoms with Crippen LogP contribution in [0.4, 0.5) is 39.4 Å². The van der Waals surface area contributed by atoms with Crippen LogP contribution >= 0.6 is 23.5 Å². The second kappa shape index (κ2) is 17.1. The third-order valence-electron chi connectivity index (χ3n) is 7.85. The SMILES string of the molecule is CN(C(=O)C(Cc1cc(F)cc(F)c1)NC(=O)NS(=O)NC(Cc1cc(F)cc(F)c1)C(=O)N(C)c1ccc(SN)c(N)c1)c1ccc2snnc2c1. The zero-order valence-electron chi connectivity index (χ0n) is 27.8. The third kappa shape index (κ3) is 10.0. The number of anilines is 3. The molecule has 5 rings (SSSR count). The Balaban J connectivity index is 1.35. The third-order valence-corrected chi connectivity index (χ3v) is 10.0. The van der Waals surface area contributed by atoms with Crippen molar-refractivity contribution in [1.82, 2.24) is 24.3 Å². The Morgan fingerprint density at radius 1 is 0.811 bits per heavy atom. The molecule has 3 atom stereocenters. The average Bonchev–Trinajstić information content (AvgIpc) is 3.57. The summed E-state index contributed by atoms with van der Waals surface area (Å²) in [5, 5.41) is 12.0. The Bertz CT molecular complexity index is 2150. The molecule has 3 unspecified atom stereocenters. The topological polar surface area (TPSA) is 189 Å². The largest absolute Gasteiger partial charge is 0.398 e. The summed E-state index contributed by atoms with van der Waals surface area (Å²) < 4.78 is 78.8. The van der Waals surface area contributed by atoms with Crippen LogP contribution in [0.3, 0.4) is 0 Å². The van der Waals surface area contributed by atoms with Gasteiger partial charge in [-0.3, -0.25) is 14.7 Å². The van der Waals surface area contributed by atoms with Gasteiger partial charge < -0.3 is 20.9 Å². The van der Waals surface area contributed by atoms with Crippen LogP contribution in [-0.4, -0.2) is 57.8 Å². The summed E-state index contributed by atoms with van der Waals surface area (Å²) in [5.41, 5.74) is 7.54. The molecular formula is C33H31F4N9O4S3. The number of urea groups is 1. The number of fused-ring (bicyclic) bond motifs is 1. The van der Waals surface area contributed by atoms with Gasteiger partial charge in [0.25, 0.3) is 0 Å². The minimum absolute atomic E-state index is 0.0280. The highest BCUT2D eigenvalue weighted by molar-refractivity contribution is 7.97. The Hall–Kier alpha value is -5.15. The van der Waals surface area contributed by atoms with Gasteiger partial charge in [0.15, 0.2) is 11.2 Å². The smallest absolute Gasteiger partial charge is 0.328 e. The summed E-state index contributed by atoms with van der Waals surface area (Å²) in [6, 6.07) is 10.7. The maximum Gasteiger partial charge on any atom is 0.328 e. The molecule has 0 saturated heterocycles. The minimum Gasteiger partial charge on any atom is -0.398 e. The van der Waals surface area contributed by atoms with Gasteiger partial charge in [-0.05, 0) is 102 Å². The Morgan fingerprint density at radius 2 is 1.34 bits per heavy atom. The summed E-state index contributed by atoms with van der Waals surface area (Å²) in [4.78, 5) is 43.6. The number of nitrogens with two attached hydrogens (primary N) is 2. The molecule has 0 aliphatic carbocycles. The van der Waals surface area contributed by atoms with E-state index in [4.69, 9.17) is 10.9 Å². The van der Waals surface area contributed by atoms with Crippen LogP contribution < -0.4 is 35.4 Å². The van der Waals surface area contributed by atoms with E-state index in [9.17, 15) is 36.2 Å². The van der Waals surface area contributed by atoms with E-state index in [1.807, 2.05) is 0 Å². The summed E-state index contributed by atoms with van der Waals surface area (Å²) >= 11 is -0.514. The lowest BCUT2D eigenvalue weighted by molar-refractivity contribution is -0.120. The van der Waals surface area contributed by atoms with E-state index in [2.05, 4.69) is 24.3 Å². The van der Waals surface area contributed by atoms with Crippen molar-refractivity contribution < 1.29 is 36.2 Å². The van der Waals surface area contributed by atoms with Crippen LogP contribution in [0.15, 0.2) is 77.7 Å². The molecule has 0 spiro atoms. The summed E-state index contributed by atoms with van der Waals surface area (Å²) in [5.74, 6) is -5.09. The van der Waals surface area contributed by atoms with Crippen molar-refractivity contribution in [1.29, 1.82) is 0 Å². The Labute approximate surface area is 311 Å². The predicted molar refractivity (Wildman–Crippen MR) is 196 cm³/mol. The van der Waals surface area contributed by atoms with Gasteiger partial charge in [0.05, 0.1) is 4.70 Å². The highest BCUT2D eigenvalue weighted by Crippen LogP contribution is 2.27. The maximum absolute atomic E-state index is 14.1. The molecule has 5 aromatic rings. The van der Waals surface area contributed by atoms with Crippen LogP contribution in [0.2, 0.25) is 0 Å². The minimum atomic E-state index is -2.56. The molecule has 0 aliphatic rings. The lowest BCUT2D eigenvalue weighted by atomic mass is 10.0. The number of hydrogen-bond acceptors (Lipinski definition) is 10. The first-order valence-corrected chi connectivity index (χ1v) is 18.2. The highest BCUT2D eigenvalue weighted by atomic mass is 32.2. The molecule has 7 N–H and O–H groups in total. The van der Waals surface area contributed by atoms with Crippen molar-refractivity contribution in [3.05, 3.63) is 107 Å². The number of likely N-dealkylation sites (N-methyl/N-ethyl adjacent to an activating group) is 2. The van der Waals surface area contributed by atoms with Crippen LogP contribution in [0.1, 0.15) is 11.1 Å². The number of carbonyl (C=O) groups is 3. The van der Waals surface area contributed by atoms with Crippen LogP contribution in [-0.2, 0) is 33.6 Å². The van der Waals surface area contributed by atoms with Gasteiger partial charge in [0.1, 0.15) is 40.9 Å². The first kappa shape index (κ1) is 39.1. The molecule has 1 aromatic heterocycles. The number of nitrogen functional groups attached to an aromatic ring is 1. The van der Waals surface area contributed by atoms with Crippen molar-refractivity contribution in [3.63, 3.8) is 0 Å². The number of rotatable bonds is 13. The molecule has 0 saturated carbocycles.